The minimum absolute atomic E-state index is 0.0259. The number of likely N-dealkylation sites (tertiary alicyclic amines) is 1. The molecule has 1 saturated heterocycles. The summed E-state index contributed by atoms with van der Waals surface area (Å²) >= 11 is 0. The molecule has 5 rings (SSSR count). The molecule has 0 radical (unpaired) electrons. The molecule has 0 bridgehead atoms. The minimum atomic E-state index is -4.24. The molecule has 1 aromatic heterocycles. The van der Waals surface area contributed by atoms with E-state index in [2.05, 4.69) is 40.8 Å². The van der Waals surface area contributed by atoms with Crippen LogP contribution in [-0.2, 0) is 14.8 Å². The zero-order valence-corrected chi connectivity index (χ0v) is 31.0. The number of amides is 1. The van der Waals surface area contributed by atoms with Crippen LogP contribution in [0, 0.1) is 19.3 Å². The molecule has 13 heteroatoms. The van der Waals surface area contributed by atoms with E-state index in [0.717, 1.165) is 48.4 Å². The third-order valence-corrected chi connectivity index (χ3v) is 10.4. The van der Waals surface area contributed by atoms with Crippen LogP contribution >= 0.6 is 0 Å². The van der Waals surface area contributed by atoms with Crippen LogP contribution < -0.4 is 14.8 Å². The number of sulfonamides is 1. The third kappa shape index (κ3) is 8.73. The van der Waals surface area contributed by atoms with Gasteiger partial charge >= 0.3 is 12.1 Å². The summed E-state index contributed by atoms with van der Waals surface area (Å²) in [7, 11) is -4.24. The minimum Gasteiger partial charge on any atom is -0.478 e. The van der Waals surface area contributed by atoms with Crippen molar-refractivity contribution in [3.8, 4) is 17.1 Å². The number of carbonyl (C=O) groups is 2. The van der Waals surface area contributed by atoms with Crippen molar-refractivity contribution in [1.82, 2.24) is 20.2 Å². The molecule has 3 aromatic rings. The summed E-state index contributed by atoms with van der Waals surface area (Å²) in [5.74, 6) is -1.25. The van der Waals surface area contributed by atoms with Gasteiger partial charge in [-0.1, -0.05) is 45.0 Å². The van der Waals surface area contributed by atoms with Crippen molar-refractivity contribution in [3.05, 3.63) is 65.2 Å². The van der Waals surface area contributed by atoms with E-state index in [1.165, 1.54) is 18.2 Å². The summed E-state index contributed by atoms with van der Waals surface area (Å²) in [6.07, 6.45) is 3.13. The Hall–Kier alpha value is -4.23. The predicted molar refractivity (Wildman–Crippen MR) is 191 cm³/mol. The molecule has 1 aliphatic heterocycles. The monoisotopic (exact) mass is 707 g/mol. The maximum Gasteiger partial charge on any atom is 0.410 e. The number of rotatable bonds is 11. The Balaban J connectivity index is 1.36. The number of hydrogen-bond acceptors (Lipinski definition) is 9. The molecule has 1 atom stereocenters. The van der Waals surface area contributed by atoms with E-state index in [0.29, 0.717) is 12.2 Å². The molecule has 2 aromatic carbocycles. The third-order valence-electron chi connectivity index (χ3n) is 9.06. The molecule has 50 heavy (non-hydrogen) atoms. The van der Waals surface area contributed by atoms with Crippen LogP contribution in [0.25, 0.3) is 11.3 Å². The smallest absolute Gasteiger partial charge is 0.410 e. The first-order valence-electron chi connectivity index (χ1n) is 16.9. The number of aromatic carboxylic acids is 1. The Labute approximate surface area is 295 Å². The second kappa shape index (κ2) is 13.8. The maximum absolute atomic E-state index is 13.4. The molecule has 2 heterocycles. The molecular weight excluding hydrogens is 659 g/mol. The lowest BCUT2D eigenvalue weighted by Gasteiger charge is -2.61. The van der Waals surface area contributed by atoms with Gasteiger partial charge in [-0.15, -0.1) is 0 Å². The van der Waals surface area contributed by atoms with Gasteiger partial charge in [0.25, 0.3) is 10.0 Å². The Morgan fingerprint density at radius 3 is 2.26 bits per heavy atom. The van der Waals surface area contributed by atoms with Gasteiger partial charge in [0.1, 0.15) is 12.2 Å². The van der Waals surface area contributed by atoms with Crippen molar-refractivity contribution in [3.63, 3.8) is 0 Å². The van der Waals surface area contributed by atoms with Crippen LogP contribution in [0.15, 0.2) is 53.4 Å². The number of aryl methyl sites for hydroxylation is 2. The number of aromatic nitrogens is 2. The van der Waals surface area contributed by atoms with E-state index in [9.17, 15) is 23.1 Å². The van der Waals surface area contributed by atoms with Gasteiger partial charge in [-0.3, -0.25) is 0 Å². The van der Waals surface area contributed by atoms with Crippen molar-refractivity contribution < 1.29 is 32.6 Å². The average Bonchev–Trinajstić information content (AvgIpc) is 2.94. The number of anilines is 1. The van der Waals surface area contributed by atoms with E-state index in [4.69, 9.17) is 9.47 Å². The largest absolute Gasteiger partial charge is 0.478 e. The van der Waals surface area contributed by atoms with Gasteiger partial charge in [-0.05, 0) is 95.0 Å². The summed E-state index contributed by atoms with van der Waals surface area (Å²) in [6.45, 7) is 17.0. The first-order valence-corrected chi connectivity index (χ1v) is 18.4. The lowest BCUT2D eigenvalue weighted by molar-refractivity contribution is -0.0940. The molecule has 3 N–H and O–H groups in total. The summed E-state index contributed by atoms with van der Waals surface area (Å²) in [5.41, 5.74) is 2.29. The van der Waals surface area contributed by atoms with Crippen LogP contribution in [0.2, 0.25) is 0 Å². The number of carbonyl (C=O) groups excluding carboxylic acids is 1. The van der Waals surface area contributed by atoms with Gasteiger partial charge in [0.05, 0.1) is 21.7 Å². The Bertz CT molecular complexity index is 1840. The first kappa shape index (κ1) is 37.0. The fourth-order valence-electron chi connectivity index (χ4n) is 6.83. The van der Waals surface area contributed by atoms with Crippen LogP contribution in [0.5, 0.6) is 5.88 Å². The van der Waals surface area contributed by atoms with E-state index in [1.54, 1.807) is 6.07 Å². The topological polar surface area (TPSA) is 160 Å². The zero-order chi connectivity index (χ0) is 36.6. The Kier molecular flexibility index (Phi) is 10.2. The molecule has 1 aliphatic carbocycles. The normalized spacial score (nSPS) is 19.7. The maximum atomic E-state index is 13.4. The second-order valence-electron chi connectivity index (χ2n) is 15.8. The number of nitrogens with zero attached hydrogens (tertiary/aromatic N) is 3. The van der Waals surface area contributed by atoms with Crippen LogP contribution in [0.4, 0.5) is 10.7 Å². The predicted octanol–water partition coefficient (Wildman–Crippen LogP) is 6.57. The van der Waals surface area contributed by atoms with Gasteiger partial charge in [0, 0.05) is 30.3 Å². The highest BCUT2D eigenvalue weighted by Gasteiger charge is 2.57. The van der Waals surface area contributed by atoms with Gasteiger partial charge in [0.15, 0.2) is 0 Å². The molecule has 0 unspecified atom stereocenters. The Morgan fingerprint density at radius 1 is 1.02 bits per heavy atom. The van der Waals surface area contributed by atoms with E-state index >= 15 is 0 Å². The Morgan fingerprint density at radius 2 is 1.68 bits per heavy atom. The van der Waals surface area contributed by atoms with Crippen LogP contribution in [-0.4, -0.2) is 76.8 Å². The molecular formula is C37H49N5O7S. The summed E-state index contributed by atoms with van der Waals surface area (Å²) in [6, 6.07) is 12.8. The second-order valence-corrected chi connectivity index (χ2v) is 17.5. The van der Waals surface area contributed by atoms with Gasteiger partial charge in [-0.2, -0.15) is 4.98 Å². The molecule has 270 valence electrons. The van der Waals surface area contributed by atoms with Crippen molar-refractivity contribution in [1.29, 1.82) is 0 Å². The van der Waals surface area contributed by atoms with Crippen molar-refractivity contribution in [2.45, 2.75) is 109 Å². The van der Waals surface area contributed by atoms with Crippen molar-refractivity contribution in [2.24, 2.45) is 5.41 Å². The highest BCUT2D eigenvalue weighted by Crippen LogP contribution is 2.48. The van der Waals surface area contributed by atoms with Crippen LogP contribution in [0.3, 0.4) is 0 Å². The fourth-order valence-corrected chi connectivity index (χ4v) is 7.82. The van der Waals surface area contributed by atoms with Gasteiger partial charge in [0.2, 0.25) is 11.8 Å². The number of carboxylic acids is 1. The highest BCUT2D eigenvalue weighted by molar-refractivity contribution is 7.92. The average molecular weight is 708 g/mol. The summed E-state index contributed by atoms with van der Waals surface area (Å²) in [5, 5.41) is 13.2. The quantitative estimate of drug-likeness (QED) is 0.199. The SMILES string of the molecule is Cc1cccc(C)c1-c1cc(OC[C@@H](CC(C)(C)C)NC2CC3(CCN3C(=O)OC(C)(C)C)C2)nc(NS(=O)(=O)c2cccc(C(=O)O)c2)n1. The van der Waals surface area contributed by atoms with E-state index < -0.39 is 21.6 Å². The van der Waals surface area contributed by atoms with Gasteiger partial charge in [-0.25, -0.2) is 27.7 Å². The molecule has 1 saturated carbocycles. The molecule has 2 fully saturated rings. The molecule has 1 amide bonds. The lowest BCUT2D eigenvalue weighted by atomic mass is 9.64. The first-order chi connectivity index (χ1) is 23.2. The zero-order valence-electron chi connectivity index (χ0n) is 30.2. The highest BCUT2D eigenvalue weighted by atomic mass is 32.2. The molecule has 12 nitrogen and oxygen atoms in total. The van der Waals surface area contributed by atoms with Gasteiger partial charge < -0.3 is 24.8 Å². The number of benzene rings is 2. The molecule has 1 spiro atoms. The standard InChI is InChI=1S/C37H49N5O7S/c1-23-11-9-12-24(2)31(23)29-18-30(40-33(39-29)41-50(46,47)28-14-10-13-25(17-28)32(43)44)48-22-27(19-35(3,4)5)38-26-20-37(21-26)15-16-42(37)34(45)49-36(6,7)8/h9-14,17-18,26-27,38H,15-16,19-22H2,1-8H3,(H,43,44)(H,39,40,41)/t26?,27-,37?/m1/s1. The number of ether oxygens (including phenoxy) is 2. The number of hydrogen-bond donors (Lipinski definition) is 3. The summed E-state index contributed by atoms with van der Waals surface area (Å²) < 4.78 is 41.2. The lowest BCUT2D eigenvalue weighted by Crippen LogP contribution is -2.72. The van der Waals surface area contributed by atoms with E-state index in [1.807, 2.05) is 57.7 Å². The van der Waals surface area contributed by atoms with E-state index in [-0.39, 0.29) is 58.0 Å². The summed E-state index contributed by atoms with van der Waals surface area (Å²) in [4.78, 5) is 35.0. The fraction of sp³-hybridized carbons (Fsp3) is 0.514. The van der Waals surface area contributed by atoms with Crippen molar-refractivity contribution in [2.75, 3.05) is 17.9 Å². The number of nitrogens with one attached hydrogen (secondary N) is 2. The van der Waals surface area contributed by atoms with Crippen molar-refractivity contribution >= 4 is 28.0 Å². The molecule has 2 aliphatic rings. The number of carboxylic acid groups (broad SMARTS) is 1. The van der Waals surface area contributed by atoms with Crippen LogP contribution in [0.1, 0.15) is 88.7 Å².